The van der Waals surface area contributed by atoms with Gasteiger partial charge < -0.3 is 20.6 Å². The first-order valence-corrected chi connectivity index (χ1v) is 8.77. The molecular weight excluding hydrogens is 368 g/mol. The number of nitrogens with one attached hydrogen (secondary N) is 2. The van der Waals surface area contributed by atoms with Crippen LogP contribution in [0.3, 0.4) is 0 Å². The molecule has 0 radical (unpaired) electrons. The summed E-state index contributed by atoms with van der Waals surface area (Å²) in [6, 6.07) is 8.43. The highest BCUT2D eigenvalue weighted by atomic mass is 19.2. The minimum Gasteiger partial charge on any atom is -0.478 e. The monoisotopic (exact) mass is 391 g/mol. The van der Waals surface area contributed by atoms with Gasteiger partial charge in [0.25, 0.3) is 0 Å². The van der Waals surface area contributed by atoms with Crippen LogP contribution in [0, 0.1) is 11.6 Å². The number of carbonyl (C=O) groups is 2. The van der Waals surface area contributed by atoms with E-state index in [-0.39, 0.29) is 17.3 Å². The molecular formula is C20H23F2N3O3. The van der Waals surface area contributed by atoms with Crippen molar-refractivity contribution in [3.05, 3.63) is 65.2 Å². The Balaban J connectivity index is 2.09. The zero-order valence-electron chi connectivity index (χ0n) is 15.7. The number of carboxylic acids is 1. The minimum absolute atomic E-state index is 0.129. The summed E-state index contributed by atoms with van der Waals surface area (Å²) >= 11 is 0. The second kappa shape index (κ2) is 9.80. The van der Waals surface area contributed by atoms with Crippen LogP contribution >= 0.6 is 0 Å². The highest BCUT2D eigenvalue weighted by Gasteiger charge is 2.16. The zero-order chi connectivity index (χ0) is 20.7. The highest BCUT2D eigenvalue weighted by Crippen LogP contribution is 2.20. The standard InChI is InChI=1S/C20H23F2N3O3/c1-25(2)11-3-4-18(13-5-7-14(8-6-13)19(26)27)24-20(28)23-15-9-10-16(21)17(22)12-15/h5-10,12,18H,3-4,11H2,1-2H3,(H,26,27)(H2,23,24,28). The number of halogens is 2. The number of rotatable bonds is 8. The lowest BCUT2D eigenvalue weighted by molar-refractivity contribution is 0.0696. The smallest absolute Gasteiger partial charge is 0.335 e. The van der Waals surface area contributed by atoms with Crippen molar-refractivity contribution in [2.24, 2.45) is 0 Å². The van der Waals surface area contributed by atoms with E-state index in [1.807, 2.05) is 19.0 Å². The molecule has 0 aromatic heterocycles. The molecule has 0 fully saturated rings. The predicted molar refractivity (Wildman–Crippen MR) is 102 cm³/mol. The molecule has 0 heterocycles. The Kier molecular flexibility index (Phi) is 7.45. The molecule has 28 heavy (non-hydrogen) atoms. The van der Waals surface area contributed by atoms with Crippen molar-refractivity contribution in [3.63, 3.8) is 0 Å². The number of carboxylic acid groups (broad SMARTS) is 1. The Morgan fingerprint density at radius 3 is 2.32 bits per heavy atom. The van der Waals surface area contributed by atoms with Crippen LogP contribution < -0.4 is 10.6 Å². The van der Waals surface area contributed by atoms with Crippen molar-refractivity contribution < 1.29 is 23.5 Å². The first kappa shape index (κ1) is 21.3. The molecule has 0 aliphatic carbocycles. The Morgan fingerprint density at radius 1 is 1.07 bits per heavy atom. The second-order valence-electron chi connectivity index (χ2n) is 6.65. The van der Waals surface area contributed by atoms with Crippen LogP contribution in [0.5, 0.6) is 0 Å². The van der Waals surface area contributed by atoms with Crippen molar-refractivity contribution in [3.8, 4) is 0 Å². The highest BCUT2D eigenvalue weighted by molar-refractivity contribution is 5.89. The number of nitrogens with zero attached hydrogens (tertiary/aromatic N) is 1. The topological polar surface area (TPSA) is 81.7 Å². The van der Waals surface area contributed by atoms with Crippen LogP contribution in [0.25, 0.3) is 0 Å². The molecule has 150 valence electrons. The lowest BCUT2D eigenvalue weighted by Gasteiger charge is -2.21. The van der Waals surface area contributed by atoms with E-state index in [0.717, 1.165) is 30.7 Å². The number of urea groups is 1. The van der Waals surface area contributed by atoms with E-state index < -0.39 is 23.6 Å². The molecule has 6 nitrogen and oxygen atoms in total. The molecule has 0 saturated carbocycles. The van der Waals surface area contributed by atoms with Crippen molar-refractivity contribution in [1.82, 2.24) is 10.2 Å². The summed E-state index contributed by atoms with van der Waals surface area (Å²) < 4.78 is 26.3. The Bertz CT molecular complexity index is 826. The third-order valence-corrected chi connectivity index (χ3v) is 4.14. The molecule has 2 rings (SSSR count). The van der Waals surface area contributed by atoms with E-state index in [2.05, 4.69) is 10.6 Å². The van der Waals surface area contributed by atoms with Gasteiger partial charge in [-0.05, 0) is 63.3 Å². The van der Waals surface area contributed by atoms with E-state index in [1.165, 1.54) is 18.2 Å². The number of carbonyl (C=O) groups excluding carboxylic acids is 1. The summed E-state index contributed by atoms with van der Waals surface area (Å²) in [6.45, 7) is 0.816. The van der Waals surface area contributed by atoms with E-state index in [4.69, 9.17) is 5.11 Å². The first-order valence-electron chi connectivity index (χ1n) is 8.77. The normalized spacial score (nSPS) is 11.9. The lowest BCUT2D eigenvalue weighted by Crippen LogP contribution is -2.33. The fourth-order valence-electron chi connectivity index (χ4n) is 2.69. The maximum atomic E-state index is 13.3. The molecule has 2 aromatic carbocycles. The average Bonchev–Trinajstić information content (AvgIpc) is 2.63. The van der Waals surface area contributed by atoms with Gasteiger partial charge >= 0.3 is 12.0 Å². The van der Waals surface area contributed by atoms with Crippen LogP contribution in [0.1, 0.15) is 34.8 Å². The molecule has 2 amide bonds. The van der Waals surface area contributed by atoms with Crippen LogP contribution in [0.15, 0.2) is 42.5 Å². The van der Waals surface area contributed by atoms with Crippen LogP contribution in [0.4, 0.5) is 19.3 Å². The zero-order valence-corrected chi connectivity index (χ0v) is 15.7. The fourth-order valence-corrected chi connectivity index (χ4v) is 2.69. The molecule has 8 heteroatoms. The Hall–Kier alpha value is -3.00. The summed E-state index contributed by atoms with van der Waals surface area (Å²) in [4.78, 5) is 25.4. The molecule has 1 unspecified atom stereocenters. The molecule has 0 aliphatic rings. The van der Waals surface area contributed by atoms with Gasteiger partial charge in [-0.1, -0.05) is 12.1 Å². The van der Waals surface area contributed by atoms with Gasteiger partial charge in [-0.2, -0.15) is 0 Å². The fraction of sp³-hybridized carbons (Fsp3) is 0.300. The van der Waals surface area contributed by atoms with Crippen molar-refractivity contribution >= 4 is 17.7 Å². The average molecular weight is 391 g/mol. The van der Waals surface area contributed by atoms with Gasteiger partial charge in [-0.15, -0.1) is 0 Å². The summed E-state index contributed by atoms with van der Waals surface area (Å²) in [5.74, 6) is -3.07. The number of hydrogen-bond donors (Lipinski definition) is 3. The summed E-state index contributed by atoms with van der Waals surface area (Å²) in [5, 5.41) is 14.3. The molecule has 3 N–H and O–H groups in total. The molecule has 0 saturated heterocycles. The number of benzene rings is 2. The van der Waals surface area contributed by atoms with E-state index >= 15 is 0 Å². The number of anilines is 1. The molecule has 1 atom stereocenters. The third-order valence-electron chi connectivity index (χ3n) is 4.14. The van der Waals surface area contributed by atoms with E-state index in [9.17, 15) is 18.4 Å². The summed E-state index contributed by atoms with van der Waals surface area (Å²) in [6.07, 6.45) is 1.42. The third kappa shape index (κ3) is 6.31. The summed E-state index contributed by atoms with van der Waals surface area (Å²) in [7, 11) is 3.89. The van der Waals surface area contributed by atoms with Crippen LogP contribution in [0.2, 0.25) is 0 Å². The Morgan fingerprint density at radius 2 is 1.75 bits per heavy atom. The number of aromatic carboxylic acids is 1. The summed E-state index contributed by atoms with van der Waals surface area (Å²) in [5.41, 5.74) is 1.04. The van der Waals surface area contributed by atoms with Gasteiger partial charge in [0.1, 0.15) is 0 Å². The van der Waals surface area contributed by atoms with Gasteiger partial charge in [-0.25, -0.2) is 18.4 Å². The molecule has 2 aromatic rings. The maximum absolute atomic E-state index is 13.3. The van der Waals surface area contributed by atoms with Crippen molar-refractivity contribution in [2.75, 3.05) is 26.0 Å². The van der Waals surface area contributed by atoms with Crippen molar-refractivity contribution in [2.45, 2.75) is 18.9 Å². The van der Waals surface area contributed by atoms with Crippen LogP contribution in [-0.2, 0) is 0 Å². The minimum atomic E-state index is -1.05. The first-order chi connectivity index (χ1) is 13.3. The number of hydrogen-bond acceptors (Lipinski definition) is 3. The molecule has 0 bridgehead atoms. The quantitative estimate of drug-likeness (QED) is 0.638. The van der Waals surface area contributed by atoms with Gasteiger partial charge in [0, 0.05) is 11.8 Å². The Labute approximate surface area is 162 Å². The van der Waals surface area contributed by atoms with Gasteiger partial charge in [-0.3, -0.25) is 0 Å². The predicted octanol–water partition coefficient (Wildman–Crippen LogP) is 3.87. The van der Waals surface area contributed by atoms with Gasteiger partial charge in [0.05, 0.1) is 11.6 Å². The molecule has 0 spiro atoms. The van der Waals surface area contributed by atoms with E-state index in [0.29, 0.717) is 6.42 Å². The lowest BCUT2D eigenvalue weighted by atomic mass is 10.0. The van der Waals surface area contributed by atoms with E-state index in [1.54, 1.807) is 12.1 Å². The van der Waals surface area contributed by atoms with Crippen molar-refractivity contribution in [1.29, 1.82) is 0 Å². The SMILES string of the molecule is CN(C)CCCC(NC(=O)Nc1ccc(F)c(F)c1)c1ccc(C(=O)O)cc1. The molecule has 0 aliphatic heterocycles. The van der Waals surface area contributed by atoms with Gasteiger partial charge in [0.15, 0.2) is 11.6 Å². The second-order valence-corrected chi connectivity index (χ2v) is 6.65. The number of amides is 2. The van der Waals surface area contributed by atoms with Gasteiger partial charge in [0.2, 0.25) is 0 Å². The van der Waals surface area contributed by atoms with Crippen LogP contribution in [-0.4, -0.2) is 42.6 Å². The largest absolute Gasteiger partial charge is 0.478 e. The maximum Gasteiger partial charge on any atom is 0.335 e.